The first kappa shape index (κ1) is 20.2. The van der Waals surface area contributed by atoms with E-state index in [1.54, 1.807) is 13.3 Å². The normalized spacial score (nSPS) is 34.7. The molecule has 1 spiro atoms. The Morgan fingerprint density at radius 2 is 2.16 bits per heavy atom. The standard InChI is InChI=1S/C23H27ClN6O2/c1-11-25-10-17(24)21(26-11)28-20-14-5-3-12(7-19(14)29-30-20)16-9-23(16)15-8-13(32-2)4-6-18(15)27-22(23)31/h4,6,8,10,12,14,16,19-20,29-30H,3,5,7,9H2,1-2H3,(H,27,31)(H,25,26,28)/t12?,14?,16-,19?,20?,23-/m0/s1. The number of halogens is 1. The van der Waals surface area contributed by atoms with Gasteiger partial charge in [0.05, 0.1) is 24.9 Å². The van der Waals surface area contributed by atoms with Gasteiger partial charge in [-0.15, -0.1) is 0 Å². The first-order valence-electron chi connectivity index (χ1n) is 11.3. The molecule has 4 N–H and O–H groups in total. The van der Waals surface area contributed by atoms with Crippen molar-refractivity contribution in [2.75, 3.05) is 17.7 Å². The van der Waals surface area contributed by atoms with Gasteiger partial charge in [-0.25, -0.2) is 15.4 Å². The van der Waals surface area contributed by atoms with Crippen molar-refractivity contribution in [2.24, 2.45) is 17.8 Å². The van der Waals surface area contributed by atoms with Gasteiger partial charge >= 0.3 is 0 Å². The molecular formula is C23H27ClN6O2. The van der Waals surface area contributed by atoms with Crippen LogP contribution in [0, 0.1) is 24.7 Å². The minimum atomic E-state index is -0.378. The molecule has 1 amide bonds. The molecule has 2 aliphatic carbocycles. The van der Waals surface area contributed by atoms with Crippen molar-refractivity contribution in [3.63, 3.8) is 0 Å². The third-order valence-corrected chi connectivity index (χ3v) is 8.17. The van der Waals surface area contributed by atoms with Crippen LogP contribution in [0.15, 0.2) is 24.4 Å². The number of nitrogens with zero attached hydrogens (tertiary/aromatic N) is 2. The predicted octanol–water partition coefficient (Wildman–Crippen LogP) is 2.99. The highest BCUT2D eigenvalue weighted by molar-refractivity contribution is 6.32. The molecule has 2 saturated carbocycles. The fourth-order valence-corrected chi connectivity index (χ4v) is 6.37. The van der Waals surface area contributed by atoms with Crippen LogP contribution in [0.1, 0.15) is 37.1 Å². The van der Waals surface area contributed by atoms with Crippen LogP contribution in [0.4, 0.5) is 11.5 Å². The Bertz CT molecular complexity index is 1100. The van der Waals surface area contributed by atoms with Crippen LogP contribution in [-0.2, 0) is 10.2 Å². The van der Waals surface area contributed by atoms with Crippen LogP contribution in [-0.4, -0.2) is 35.2 Å². The number of methoxy groups -OCH3 is 1. The highest BCUT2D eigenvalue weighted by atomic mass is 35.5. The predicted molar refractivity (Wildman–Crippen MR) is 121 cm³/mol. The van der Waals surface area contributed by atoms with Crippen molar-refractivity contribution in [1.82, 2.24) is 20.8 Å². The van der Waals surface area contributed by atoms with Crippen LogP contribution in [0.2, 0.25) is 5.02 Å². The lowest BCUT2D eigenvalue weighted by atomic mass is 9.74. The number of ether oxygens (including phenoxy) is 1. The summed E-state index contributed by atoms with van der Waals surface area (Å²) in [5.74, 6) is 3.63. The minimum Gasteiger partial charge on any atom is -0.497 e. The lowest BCUT2D eigenvalue weighted by molar-refractivity contribution is -0.118. The topological polar surface area (TPSA) is 100 Å². The molecule has 2 aromatic rings. The third-order valence-electron chi connectivity index (χ3n) is 7.90. The first-order valence-corrected chi connectivity index (χ1v) is 11.6. The van der Waals surface area contributed by atoms with Gasteiger partial charge in [0.2, 0.25) is 5.91 Å². The molecule has 3 heterocycles. The van der Waals surface area contributed by atoms with Crippen LogP contribution in [0.5, 0.6) is 5.75 Å². The van der Waals surface area contributed by atoms with Crippen molar-refractivity contribution in [3.8, 4) is 5.75 Å². The van der Waals surface area contributed by atoms with E-state index in [1.165, 1.54) is 0 Å². The summed E-state index contributed by atoms with van der Waals surface area (Å²) in [6.45, 7) is 1.86. The summed E-state index contributed by atoms with van der Waals surface area (Å²) in [6.07, 6.45) is 5.85. The van der Waals surface area contributed by atoms with E-state index in [9.17, 15) is 4.79 Å². The van der Waals surface area contributed by atoms with Gasteiger partial charge in [-0.3, -0.25) is 10.2 Å². The summed E-state index contributed by atoms with van der Waals surface area (Å²) in [5.41, 5.74) is 8.55. The van der Waals surface area contributed by atoms with Gasteiger partial charge in [-0.05, 0) is 68.2 Å². The number of fused-ring (bicyclic) bond motifs is 3. The van der Waals surface area contributed by atoms with E-state index in [2.05, 4.69) is 31.5 Å². The van der Waals surface area contributed by atoms with E-state index in [1.807, 2.05) is 25.1 Å². The molecule has 6 atom stereocenters. The average molecular weight is 455 g/mol. The van der Waals surface area contributed by atoms with Crippen LogP contribution >= 0.6 is 11.6 Å². The van der Waals surface area contributed by atoms with Crippen LogP contribution in [0.3, 0.4) is 0 Å². The molecule has 0 radical (unpaired) electrons. The molecule has 0 bridgehead atoms. The number of hydrogen-bond acceptors (Lipinski definition) is 7. The van der Waals surface area contributed by atoms with Gasteiger partial charge in [0.1, 0.15) is 22.4 Å². The molecule has 4 aliphatic rings. The number of nitrogens with one attached hydrogen (secondary N) is 4. The molecule has 168 valence electrons. The molecular weight excluding hydrogens is 428 g/mol. The van der Waals surface area contributed by atoms with Gasteiger partial charge < -0.3 is 15.4 Å². The van der Waals surface area contributed by atoms with E-state index >= 15 is 0 Å². The van der Waals surface area contributed by atoms with E-state index in [0.717, 1.165) is 42.7 Å². The molecule has 9 heteroatoms. The molecule has 32 heavy (non-hydrogen) atoms. The van der Waals surface area contributed by atoms with Gasteiger partial charge in [0, 0.05) is 17.6 Å². The summed E-state index contributed by atoms with van der Waals surface area (Å²) in [4.78, 5) is 21.6. The van der Waals surface area contributed by atoms with E-state index in [4.69, 9.17) is 16.3 Å². The highest BCUT2D eigenvalue weighted by Crippen LogP contribution is 2.65. The van der Waals surface area contributed by atoms with E-state index < -0.39 is 0 Å². The van der Waals surface area contributed by atoms with Crippen molar-refractivity contribution >= 4 is 29.0 Å². The van der Waals surface area contributed by atoms with Gasteiger partial charge in [0.25, 0.3) is 0 Å². The summed E-state index contributed by atoms with van der Waals surface area (Å²) < 4.78 is 5.43. The molecule has 3 fully saturated rings. The van der Waals surface area contributed by atoms with Crippen molar-refractivity contribution in [3.05, 3.63) is 40.8 Å². The zero-order chi connectivity index (χ0) is 22.0. The molecule has 1 saturated heterocycles. The lowest BCUT2D eigenvalue weighted by Gasteiger charge is -2.34. The number of hydrazine groups is 1. The monoisotopic (exact) mass is 454 g/mol. The maximum absolute atomic E-state index is 13.0. The Morgan fingerprint density at radius 1 is 1.28 bits per heavy atom. The number of amides is 1. The summed E-state index contributed by atoms with van der Waals surface area (Å²) >= 11 is 6.29. The second kappa shape index (κ2) is 7.30. The zero-order valence-electron chi connectivity index (χ0n) is 18.1. The second-order valence-electron chi connectivity index (χ2n) is 9.52. The maximum Gasteiger partial charge on any atom is 0.235 e. The Labute approximate surface area is 191 Å². The van der Waals surface area contributed by atoms with E-state index in [-0.39, 0.29) is 17.5 Å². The van der Waals surface area contributed by atoms with E-state index in [0.29, 0.717) is 40.5 Å². The third kappa shape index (κ3) is 3.00. The number of aromatic nitrogens is 2. The molecule has 2 aliphatic heterocycles. The number of anilines is 2. The maximum atomic E-state index is 13.0. The Kier molecular flexibility index (Phi) is 4.61. The molecule has 6 rings (SSSR count). The number of benzene rings is 1. The lowest BCUT2D eigenvalue weighted by Crippen LogP contribution is -2.39. The summed E-state index contributed by atoms with van der Waals surface area (Å²) in [7, 11) is 1.67. The summed E-state index contributed by atoms with van der Waals surface area (Å²) in [6, 6.07) is 6.26. The number of carbonyl (C=O) groups is 1. The molecule has 4 unspecified atom stereocenters. The summed E-state index contributed by atoms with van der Waals surface area (Å²) in [5, 5.41) is 7.08. The zero-order valence-corrected chi connectivity index (χ0v) is 18.9. The Morgan fingerprint density at radius 3 is 3.00 bits per heavy atom. The fraction of sp³-hybridized carbons (Fsp3) is 0.522. The Hall–Kier alpha value is -2.42. The molecule has 1 aromatic heterocycles. The molecule has 1 aromatic carbocycles. The number of hydrogen-bond donors (Lipinski definition) is 4. The molecule has 8 nitrogen and oxygen atoms in total. The smallest absolute Gasteiger partial charge is 0.235 e. The quantitative estimate of drug-likeness (QED) is 0.563. The van der Waals surface area contributed by atoms with Crippen molar-refractivity contribution in [2.45, 2.75) is 50.2 Å². The van der Waals surface area contributed by atoms with Crippen LogP contribution < -0.4 is 26.2 Å². The number of rotatable bonds is 4. The number of aryl methyl sites for hydroxylation is 1. The van der Waals surface area contributed by atoms with Crippen molar-refractivity contribution in [1.29, 1.82) is 0 Å². The van der Waals surface area contributed by atoms with Crippen LogP contribution in [0.25, 0.3) is 0 Å². The van der Waals surface area contributed by atoms with Gasteiger partial charge in [-0.1, -0.05) is 11.6 Å². The highest BCUT2D eigenvalue weighted by Gasteiger charge is 2.67. The van der Waals surface area contributed by atoms with Gasteiger partial charge in [-0.2, -0.15) is 0 Å². The fourth-order valence-electron chi connectivity index (χ4n) is 6.22. The largest absolute Gasteiger partial charge is 0.497 e. The number of carbonyl (C=O) groups excluding carboxylic acids is 1. The average Bonchev–Trinajstić information content (AvgIpc) is 3.35. The Balaban J connectivity index is 1.16. The van der Waals surface area contributed by atoms with Gasteiger partial charge in [0.15, 0.2) is 0 Å². The van der Waals surface area contributed by atoms with Crippen molar-refractivity contribution < 1.29 is 9.53 Å². The SMILES string of the molecule is COc1ccc2c(c1)[C@]1(C[C@H]1C1CCC3C(C1)NNC3Nc1nc(C)ncc1Cl)C(=O)N2. The minimum absolute atomic E-state index is 0.0562. The second-order valence-corrected chi connectivity index (χ2v) is 9.92. The first-order chi connectivity index (χ1) is 15.5.